The number of fused-ring (bicyclic) bond motifs is 3. The number of ether oxygens (including phenoxy) is 1. The highest BCUT2D eigenvalue weighted by molar-refractivity contribution is 6.01. The van der Waals surface area contributed by atoms with E-state index < -0.39 is 5.97 Å². The maximum absolute atomic E-state index is 12.6. The van der Waals surface area contributed by atoms with E-state index in [-0.39, 0.29) is 30.7 Å². The van der Waals surface area contributed by atoms with Crippen LogP contribution in [0, 0.1) is 0 Å². The molecule has 4 heterocycles. The van der Waals surface area contributed by atoms with Gasteiger partial charge in [0.25, 0.3) is 0 Å². The first kappa shape index (κ1) is 17.3. The van der Waals surface area contributed by atoms with Crippen molar-refractivity contribution in [3.63, 3.8) is 0 Å². The number of hydrogen-bond acceptors (Lipinski definition) is 5. The molecule has 1 aliphatic heterocycles. The van der Waals surface area contributed by atoms with E-state index >= 15 is 0 Å². The quantitative estimate of drug-likeness (QED) is 0.530. The van der Waals surface area contributed by atoms with Crippen molar-refractivity contribution in [2.24, 2.45) is 0 Å². The lowest BCUT2D eigenvalue weighted by Crippen LogP contribution is -2.43. The van der Waals surface area contributed by atoms with Crippen molar-refractivity contribution < 1.29 is 14.3 Å². The van der Waals surface area contributed by atoms with Gasteiger partial charge in [-0.25, -0.2) is 9.78 Å². The maximum Gasteiger partial charge on any atom is 0.326 e. The Bertz CT molecular complexity index is 1060. The second kappa shape index (κ2) is 6.90. The molecule has 1 amide bonds. The summed E-state index contributed by atoms with van der Waals surface area (Å²) >= 11 is 0. The first-order valence-corrected chi connectivity index (χ1v) is 9.08. The van der Waals surface area contributed by atoms with Crippen LogP contribution < -0.4 is 5.69 Å². The summed E-state index contributed by atoms with van der Waals surface area (Å²) in [4.78, 5) is 48.5. The van der Waals surface area contributed by atoms with Gasteiger partial charge in [-0.2, -0.15) is 0 Å². The molecule has 9 nitrogen and oxygen atoms in total. The Morgan fingerprint density at radius 3 is 3.07 bits per heavy atom. The fourth-order valence-corrected chi connectivity index (χ4v) is 3.81. The number of imidazole rings is 1. The van der Waals surface area contributed by atoms with Gasteiger partial charge in [-0.15, -0.1) is 0 Å². The molecule has 1 saturated heterocycles. The van der Waals surface area contributed by atoms with Gasteiger partial charge in [-0.3, -0.25) is 14.2 Å². The number of aromatic nitrogens is 4. The Morgan fingerprint density at radius 1 is 1.41 bits per heavy atom. The Hall–Kier alpha value is -3.10. The van der Waals surface area contributed by atoms with Gasteiger partial charge in [-0.1, -0.05) is 0 Å². The molecule has 0 aliphatic carbocycles. The van der Waals surface area contributed by atoms with Crippen molar-refractivity contribution in [2.75, 3.05) is 19.7 Å². The summed E-state index contributed by atoms with van der Waals surface area (Å²) in [6.07, 6.45) is 4.70. The summed E-state index contributed by atoms with van der Waals surface area (Å²) in [5.74, 6) is -0.784. The summed E-state index contributed by atoms with van der Waals surface area (Å²) in [7, 11) is 0. The zero-order chi connectivity index (χ0) is 19.0. The lowest BCUT2D eigenvalue weighted by atomic mass is 10.0. The topological polar surface area (TPSA) is 113 Å². The summed E-state index contributed by atoms with van der Waals surface area (Å²) in [5, 5.41) is 0.862. The summed E-state index contributed by atoms with van der Waals surface area (Å²) in [6, 6.07) is 1.73. The zero-order valence-electron chi connectivity index (χ0n) is 15.0. The number of rotatable bonds is 4. The number of amides is 1. The van der Waals surface area contributed by atoms with Crippen LogP contribution in [0.15, 0.2) is 23.3 Å². The fourth-order valence-electron chi connectivity index (χ4n) is 3.81. The third kappa shape index (κ3) is 3.09. The van der Waals surface area contributed by atoms with E-state index in [1.165, 1.54) is 0 Å². The van der Waals surface area contributed by atoms with Crippen LogP contribution in [0.2, 0.25) is 0 Å². The average Bonchev–Trinajstić information content (AvgIpc) is 3.24. The van der Waals surface area contributed by atoms with Gasteiger partial charge >= 0.3 is 11.7 Å². The van der Waals surface area contributed by atoms with Crippen LogP contribution in [0.1, 0.15) is 32.2 Å². The number of piperidine rings is 1. The van der Waals surface area contributed by atoms with Crippen LogP contribution in [0.25, 0.3) is 22.1 Å². The van der Waals surface area contributed by atoms with E-state index in [1.807, 2.05) is 6.07 Å². The number of pyridine rings is 1. The van der Waals surface area contributed by atoms with E-state index in [4.69, 9.17) is 4.74 Å². The molecular weight excluding hydrogens is 350 g/mol. The first-order chi connectivity index (χ1) is 13.1. The van der Waals surface area contributed by atoms with Gasteiger partial charge in [0.05, 0.1) is 29.9 Å². The van der Waals surface area contributed by atoms with Gasteiger partial charge < -0.3 is 19.6 Å². The van der Waals surface area contributed by atoms with Crippen LogP contribution in [-0.2, 0) is 14.3 Å². The van der Waals surface area contributed by atoms with Gasteiger partial charge in [0.15, 0.2) is 0 Å². The number of nitrogens with zero attached hydrogens (tertiary/aromatic N) is 3. The average molecular weight is 371 g/mol. The van der Waals surface area contributed by atoms with Crippen molar-refractivity contribution in [1.82, 2.24) is 24.4 Å². The van der Waals surface area contributed by atoms with E-state index in [0.717, 1.165) is 23.7 Å². The molecule has 1 aliphatic rings. The Balaban J connectivity index is 1.64. The lowest BCUT2D eigenvalue weighted by Gasteiger charge is -2.33. The van der Waals surface area contributed by atoms with Crippen LogP contribution in [0.3, 0.4) is 0 Å². The van der Waals surface area contributed by atoms with E-state index in [0.29, 0.717) is 24.3 Å². The second-order valence-electron chi connectivity index (χ2n) is 6.68. The Labute approximate surface area is 154 Å². The van der Waals surface area contributed by atoms with Crippen LogP contribution in [0.4, 0.5) is 0 Å². The molecule has 1 fully saturated rings. The molecular formula is C18H21N5O4. The molecule has 2 N–H and O–H groups in total. The number of aromatic amines is 2. The molecule has 3 aromatic rings. The normalized spacial score (nSPS) is 17.5. The number of likely N-dealkylation sites (tertiary alicyclic amines) is 1. The fraction of sp³-hybridized carbons (Fsp3) is 0.444. The molecule has 0 aromatic carbocycles. The predicted molar refractivity (Wildman–Crippen MR) is 98.3 cm³/mol. The number of carbonyl (C=O) groups is 2. The number of H-pyrrole nitrogens is 2. The number of hydrogen-bond donors (Lipinski definition) is 2. The minimum absolute atomic E-state index is 0.161. The van der Waals surface area contributed by atoms with Crippen LogP contribution in [0.5, 0.6) is 0 Å². The van der Waals surface area contributed by atoms with E-state index in [9.17, 15) is 14.4 Å². The molecule has 4 rings (SSSR count). The van der Waals surface area contributed by atoms with E-state index in [1.54, 1.807) is 28.8 Å². The molecule has 1 atom stereocenters. The Kier molecular flexibility index (Phi) is 4.43. The number of esters is 1. The smallest absolute Gasteiger partial charge is 0.326 e. The van der Waals surface area contributed by atoms with Crippen molar-refractivity contribution in [2.45, 2.75) is 32.2 Å². The standard InChI is InChI=1S/C18H21N5O4/c1-2-27-15(25)8-14(24)22-7-3-4-11(10-22)23-16-12-5-6-19-17(12)20-9-13(16)21-18(23)26/h5-6,9,11H,2-4,7-8,10H2,1H3,(H,19,20)(H,21,26)/t11-/m1/s1. The van der Waals surface area contributed by atoms with Gasteiger partial charge in [-0.05, 0) is 25.8 Å². The Morgan fingerprint density at radius 2 is 2.26 bits per heavy atom. The third-order valence-corrected chi connectivity index (χ3v) is 4.97. The largest absolute Gasteiger partial charge is 0.466 e. The zero-order valence-corrected chi connectivity index (χ0v) is 15.0. The van der Waals surface area contributed by atoms with Crippen LogP contribution in [-0.4, -0.2) is 56.0 Å². The third-order valence-electron chi connectivity index (χ3n) is 4.97. The number of nitrogens with one attached hydrogen (secondary N) is 2. The SMILES string of the molecule is CCOC(=O)CC(=O)N1CCC[C@@H](n2c(=O)[nH]c3cnc4[nH]ccc4c32)C1. The van der Waals surface area contributed by atoms with Crippen molar-refractivity contribution in [1.29, 1.82) is 0 Å². The molecule has 9 heteroatoms. The van der Waals surface area contributed by atoms with Crippen molar-refractivity contribution in [3.05, 3.63) is 28.9 Å². The molecule has 3 aromatic heterocycles. The maximum atomic E-state index is 12.6. The molecule has 0 radical (unpaired) electrons. The van der Waals surface area contributed by atoms with Crippen molar-refractivity contribution >= 4 is 33.9 Å². The molecule has 27 heavy (non-hydrogen) atoms. The minimum atomic E-state index is -0.519. The first-order valence-electron chi connectivity index (χ1n) is 9.08. The minimum Gasteiger partial charge on any atom is -0.466 e. The summed E-state index contributed by atoms with van der Waals surface area (Å²) in [5.41, 5.74) is 1.95. The molecule has 142 valence electrons. The highest BCUT2D eigenvalue weighted by Crippen LogP contribution is 2.28. The monoisotopic (exact) mass is 371 g/mol. The van der Waals surface area contributed by atoms with Crippen LogP contribution >= 0.6 is 0 Å². The molecule has 0 unspecified atom stereocenters. The second-order valence-corrected chi connectivity index (χ2v) is 6.68. The number of carbonyl (C=O) groups excluding carboxylic acids is 2. The molecule has 0 saturated carbocycles. The summed E-state index contributed by atoms with van der Waals surface area (Å²) < 4.78 is 6.58. The lowest BCUT2D eigenvalue weighted by molar-refractivity contribution is -0.149. The highest BCUT2D eigenvalue weighted by Gasteiger charge is 2.28. The van der Waals surface area contributed by atoms with Gasteiger partial charge in [0.1, 0.15) is 12.1 Å². The van der Waals surface area contributed by atoms with Gasteiger partial charge in [0, 0.05) is 24.7 Å². The van der Waals surface area contributed by atoms with Crippen molar-refractivity contribution in [3.8, 4) is 0 Å². The highest BCUT2D eigenvalue weighted by atomic mass is 16.5. The molecule has 0 bridgehead atoms. The van der Waals surface area contributed by atoms with E-state index in [2.05, 4.69) is 15.0 Å². The summed E-state index contributed by atoms with van der Waals surface area (Å²) in [6.45, 7) is 2.92. The van der Waals surface area contributed by atoms with Gasteiger partial charge in [0.2, 0.25) is 5.91 Å². The molecule has 0 spiro atoms. The predicted octanol–water partition coefficient (Wildman–Crippen LogP) is 1.32.